The van der Waals surface area contributed by atoms with E-state index in [1.807, 2.05) is 12.1 Å². The summed E-state index contributed by atoms with van der Waals surface area (Å²) >= 11 is 0. The third-order valence-corrected chi connectivity index (χ3v) is 1.17. The molecule has 3 heteroatoms. The molecule has 0 atom stereocenters. The normalized spacial score (nSPS) is 11.8. The van der Waals surface area contributed by atoms with Crippen LogP contribution in [0.3, 0.4) is 0 Å². The van der Waals surface area contributed by atoms with Crippen LogP contribution in [0, 0.1) is 0 Å². The number of aromatic nitrogens is 3. The smallest absolute Gasteiger partial charge is 0.136 e. The van der Waals surface area contributed by atoms with Gasteiger partial charge in [-0.3, -0.25) is 0 Å². The summed E-state index contributed by atoms with van der Waals surface area (Å²) in [7, 11) is 0. The summed E-state index contributed by atoms with van der Waals surface area (Å²) in [4.78, 5) is 3.71. The Morgan fingerprint density at radius 1 is 1.67 bits per heavy atom. The van der Waals surface area contributed by atoms with Crippen LogP contribution in [0.1, 0.15) is 1.37 Å². The van der Waals surface area contributed by atoms with Crippen LogP contribution >= 0.6 is 0 Å². The van der Waals surface area contributed by atoms with Crippen LogP contribution in [0.15, 0.2) is 30.8 Å². The lowest BCUT2D eigenvalue weighted by molar-refractivity contribution is 0.903. The quantitative estimate of drug-likeness (QED) is 0.513. The fraction of sp³-hybridized carbons (Fsp3) is 0. The van der Waals surface area contributed by atoms with Gasteiger partial charge in [0, 0.05) is 6.20 Å². The number of hydrogen-bond donors (Lipinski definition) is 0. The van der Waals surface area contributed by atoms with Crippen molar-refractivity contribution in [1.82, 2.24) is 14.6 Å². The summed E-state index contributed by atoms with van der Waals surface area (Å²) in [6, 6.07) is 3.75. The molecule has 0 saturated heterocycles. The Balaban J connectivity index is 2.86. The summed E-state index contributed by atoms with van der Waals surface area (Å²) in [5, 5.41) is 3.81. The third kappa shape index (κ3) is 0.579. The summed E-state index contributed by atoms with van der Waals surface area (Å²) in [5.74, 6) is 0. The zero-order chi connectivity index (χ0) is 6.97. The second-order valence-corrected chi connectivity index (χ2v) is 1.74. The van der Waals surface area contributed by atoms with Gasteiger partial charge >= 0.3 is 0 Å². The molecule has 0 radical (unpaired) electrons. The highest BCUT2D eigenvalue weighted by atomic mass is 15.2. The minimum absolute atomic E-state index is 0.0451. The van der Waals surface area contributed by atoms with Gasteiger partial charge < -0.3 is 0 Å². The van der Waals surface area contributed by atoms with Crippen LogP contribution in [0.5, 0.6) is 0 Å². The SMILES string of the molecule is [2H]c1ncc2cccn2n1. The van der Waals surface area contributed by atoms with Gasteiger partial charge in [-0.05, 0) is 12.1 Å². The molecule has 0 unspecified atom stereocenters. The van der Waals surface area contributed by atoms with Crippen molar-refractivity contribution in [1.29, 1.82) is 0 Å². The molecule has 0 fully saturated rings. The molecule has 3 nitrogen and oxygen atoms in total. The van der Waals surface area contributed by atoms with E-state index >= 15 is 0 Å². The monoisotopic (exact) mass is 120 g/mol. The molecule has 0 aliphatic rings. The lowest BCUT2D eigenvalue weighted by atomic mass is 10.5. The molecular weight excluding hydrogens is 114 g/mol. The molecule has 2 rings (SSSR count). The van der Waals surface area contributed by atoms with Crippen molar-refractivity contribution in [2.45, 2.75) is 0 Å². The molecular formula is C6H5N3. The first-order valence-corrected chi connectivity index (χ1v) is 2.63. The highest BCUT2D eigenvalue weighted by molar-refractivity contribution is 5.42. The maximum absolute atomic E-state index is 7.07. The van der Waals surface area contributed by atoms with Crippen LogP contribution in [0.4, 0.5) is 0 Å². The minimum atomic E-state index is 0.0451. The average molecular weight is 120 g/mol. The lowest BCUT2D eigenvalue weighted by Gasteiger charge is -1.86. The van der Waals surface area contributed by atoms with Crippen molar-refractivity contribution in [3.8, 4) is 0 Å². The largest absolute Gasteiger partial charge is 0.241 e. The van der Waals surface area contributed by atoms with E-state index in [9.17, 15) is 0 Å². The number of rotatable bonds is 0. The summed E-state index contributed by atoms with van der Waals surface area (Å²) in [5.41, 5.74) is 0.913. The van der Waals surface area contributed by atoms with Crippen LogP contribution < -0.4 is 0 Å². The Morgan fingerprint density at radius 2 is 2.67 bits per heavy atom. The summed E-state index contributed by atoms with van der Waals surface area (Å²) < 4.78 is 8.69. The van der Waals surface area contributed by atoms with E-state index in [0.29, 0.717) is 0 Å². The first kappa shape index (κ1) is 3.61. The van der Waals surface area contributed by atoms with Gasteiger partial charge in [0.15, 0.2) is 0 Å². The molecule has 9 heavy (non-hydrogen) atoms. The van der Waals surface area contributed by atoms with Gasteiger partial charge in [0.1, 0.15) is 7.67 Å². The van der Waals surface area contributed by atoms with E-state index < -0.39 is 0 Å². The molecule has 2 aromatic heterocycles. The molecule has 0 N–H and O–H groups in total. The third-order valence-electron chi connectivity index (χ3n) is 1.17. The van der Waals surface area contributed by atoms with E-state index in [2.05, 4.69) is 10.1 Å². The highest BCUT2D eigenvalue weighted by Gasteiger charge is 1.86. The zero-order valence-corrected chi connectivity index (χ0v) is 4.65. The molecule has 0 aliphatic heterocycles. The lowest BCUT2D eigenvalue weighted by Crippen LogP contribution is -1.87. The van der Waals surface area contributed by atoms with E-state index in [1.165, 1.54) is 0 Å². The van der Waals surface area contributed by atoms with E-state index in [1.54, 1.807) is 16.9 Å². The Morgan fingerprint density at radius 3 is 3.67 bits per heavy atom. The fourth-order valence-electron chi connectivity index (χ4n) is 0.748. The predicted molar refractivity (Wildman–Crippen MR) is 33.0 cm³/mol. The van der Waals surface area contributed by atoms with Crippen molar-refractivity contribution >= 4 is 5.52 Å². The van der Waals surface area contributed by atoms with E-state index in [0.717, 1.165) is 5.52 Å². The predicted octanol–water partition coefficient (Wildman–Crippen LogP) is 0.729. The molecule has 0 aromatic carbocycles. The molecule has 0 bridgehead atoms. The van der Waals surface area contributed by atoms with Gasteiger partial charge in [-0.15, -0.1) is 0 Å². The molecule has 0 spiro atoms. The van der Waals surface area contributed by atoms with Crippen molar-refractivity contribution in [3.63, 3.8) is 0 Å². The van der Waals surface area contributed by atoms with Gasteiger partial charge in [0.05, 0.1) is 11.7 Å². The maximum atomic E-state index is 7.07. The van der Waals surface area contributed by atoms with Gasteiger partial charge in [0.25, 0.3) is 0 Å². The molecule has 44 valence electrons. The standard InChI is InChI=1S/C6H5N3/c1-2-6-4-7-5-8-9(6)3-1/h1-5H/i5D. The van der Waals surface area contributed by atoms with Gasteiger partial charge in [-0.1, -0.05) is 0 Å². The first-order valence-electron chi connectivity index (χ1n) is 3.13. The average Bonchev–Trinajstić information content (AvgIpc) is 2.33. The fourth-order valence-corrected chi connectivity index (χ4v) is 0.748. The van der Waals surface area contributed by atoms with Crippen molar-refractivity contribution in [3.05, 3.63) is 30.8 Å². The van der Waals surface area contributed by atoms with Gasteiger partial charge in [0.2, 0.25) is 0 Å². The second-order valence-electron chi connectivity index (χ2n) is 1.74. The van der Waals surface area contributed by atoms with Gasteiger partial charge in [-0.25, -0.2) is 9.50 Å². The summed E-state index contributed by atoms with van der Waals surface area (Å²) in [6.45, 7) is 0. The van der Waals surface area contributed by atoms with Crippen molar-refractivity contribution < 1.29 is 1.37 Å². The Hall–Kier alpha value is -1.38. The van der Waals surface area contributed by atoms with Crippen molar-refractivity contribution in [2.24, 2.45) is 0 Å². The summed E-state index contributed by atoms with van der Waals surface area (Å²) in [6.07, 6.45) is 3.45. The molecule has 0 aliphatic carbocycles. The maximum Gasteiger partial charge on any atom is 0.136 e. The molecule has 2 heterocycles. The van der Waals surface area contributed by atoms with Gasteiger partial charge in [-0.2, -0.15) is 5.10 Å². The Labute approximate surface area is 53.4 Å². The molecule has 0 amide bonds. The van der Waals surface area contributed by atoms with Crippen LogP contribution in [-0.2, 0) is 0 Å². The molecule has 0 saturated carbocycles. The first-order chi connectivity index (χ1) is 4.86. The zero-order valence-electron chi connectivity index (χ0n) is 5.65. The Kier molecular flexibility index (Phi) is 0.621. The van der Waals surface area contributed by atoms with E-state index in [4.69, 9.17) is 1.37 Å². The van der Waals surface area contributed by atoms with Crippen LogP contribution in [-0.4, -0.2) is 14.6 Å². The van der Waals surface area contributed by atoms with Crippen LogP contribution in [0.2, 0.25) is 0 Å². The second kappa shape index (κ2) is 1.55. The van der Waals surface area contributed by atoms with E-state index in [-0.39, 0.29) is 6.30 Å². The number of hydrogen-bond acceptors (Lipinski definition) is 2. The minimum Gasteiger partial charge on any atom is -0.241 e. The molecule has 2 aromatic rings. The number of fused-ring (bicyclic) bond motifs is 1. The number of nitrogens with zero attached hydrogens (tertiary/aromatic N) is 3. The van der Waals surface area contributed by atoms with Crippen LogP contribution in [0.25, 0.3) is 5.52 Å². The Bertz CT molecular complexity index is 355. The highest BCUT2D eigenvalue weighted by Crippen LogP contribution is 1.96. The topological polar surface area (TPSA) is 30.2 Å². The van der Waals surface area contributed by atoms with Crippen molar-refractivity contribution in [2.75, 3.05) is 0 Å².